The molecule has 2 rings (SSSR count). The molecular weight excluding hydrogens is 222 g/mol. The van der Waals surface area contributed by atoms with E-state index in [1.54, 1.807) is 7.11 Å². The average Bonchev–Trinajstić information content (AvgIpc) is 2.46. The van der Waals surface area contributed by atoms with Crippen molar-refractivity contribution in [3.8, 4) is 5.75 Å². The third kappa shape index (κ3) is 3.04. The maximum Gasteiger partial charge on any atom is 0.119 e. The molecule has 0 fully saturated rings. The third-order valence-corrected chi connectivity index (χ3v) is 3.04. The van der Waals surface area contributed by atoms with Crippen LogP contribution < -0.4 is 10.1 Å². The van der Waals surface area contributed by atoms with E-state index in [4.69, 9.17) is 4.74 Å². The number of ether oxygens (including phenoxy) is 1. The van der Waals surface area contributed by atoms with Crippen molar-refractivity contribution in [1.82, 2.24) is 0 Å². The molecule has 94 valence electrons. The summed E-state index contributed by atoms with van der Waals surface area (Å²) in [5.41, 5.74) is 2.43. The van der Waals surface area contributed by atoms with Crippen LogP contribution in [0.25, 0.3) is 0 Å². The van der Waals surface area contributed by atoms with E-state index in [-0.39, 0.29) is 0 Å². The highest BCUT2D eigenvalue weighted by atomic mass is 16.5. The lowest BCUT2D eigenvalue weighted by atomic mass is 10.0. The number of rotatable bonds is 5. The summed E-state index contributed by atoms with van der Waals surface area (Å²) >= 11 is 0. The average molecular weight is 241 g/mol. The van der Waals surface area contributed by atoms with Crippen LogP contribution in [0.1, 0.15) is 24.9 Å². The minimum absolute atomic E-state index is 0.347. The number of nitrogens with one attached hydrogen (secondary N) is 1. The minimum Gasteiger partial charge on any atom is -0.497 e. The lowest BCUT2D eigenvalue weighted by Gasteiger charge is -2.19. The maximum atomic E-state index is 5.16. The van der Waals surface area contributed by atoms with Gasteiger partial charge in [-0.3, -0.25) is 0 Å². The van der Waals surface area contributed by atoms with E-state index < -0.39 is 0 Å². The first-order valence-corrected chi connectivity index (χ1v) is 6.29. The van der Waals surface area contributed by atoms with Crippen LogP contribution in [0.3, 0.4) is 0 Å². The highest BCUT2D eigenvalue weighted by molar-refractivity contribution is 5.48. The van der Waals surface area contributed by atoms with Gasteiger partial charge in [0.15, 0.2) is 0 Å². The van der Waals surface area contributed by atoms with Gasteiger partial charge in [-0.1, -0.05) is 37.3 Å². The standard InChI is InChI=1S/C16H19NO/c1-3-16(13-7-5-4-6-8-13)17-14-9-11-15(18-2)12-10-14/h4-12,16-17H,3H2,1-2H3/t16-/m1/s1. The number of anilines is 1. The van der Waals surface area contributed by atoms with Gasteiger partial charge in [0.05, 0.1) is 13.2 Å². The Balaban J connectivity index is 2.10. The second-order valence-corrected chi connectivity index (χ2v) is 4.24. The molecule has 1 atom stereocenters. The smallest absolute Gasteiger partial charge is 0.119 e. The highest BCUT2D eigenvalue weighted by Crippen LogP contribution is 2.23. The monoisotopic (exact) mass is 241 g/mol. The first kappa shape index (κ1) is 12.5. The summed E-state index contributed by atoms with van der Waals surface area (Å²) in [5, 5.41) is 3.54. The molecule has 18 heavy (non-hydrogen) atoms. The van der Waals surface area contributed by atoms with Gasteiger partial charge in [0.1, 0.15) is 5.75 Å². The summed E-state index contributed by atoms with van der Waals surface area (Å²) in [6.45, 7) is 2.19. The van der Waals surface area contributed by atoms with Crippen molar-refractivity contribution in [3.63, 3.8) is 0 Å². The van der Waals surface area contributed by atoms with Crippen LogP contribution in [0.2, 0.25) is 0 Å². The Labute approximate surface area is 109 Å². The van der Waals surface area contributed by atoms with Gasteiger partial charge in [0.25, 0.3) is 0 Å². The van der Waals surface area contributed by atoms with Crippen molar-refractivity contribution in [2.24, 2.45) is 0 Å². The van der Waals surface area contributed by atoms with Crippen LogP contribution in [-0.4, -0.2) is 7.11 Å². The zero-order chi connectivity index (χ0) is 12.8. The molecule has 0 amide bonds. The minimum atomic E-state index is 0.347. The Morgan fingerprint density at radius 1 is 1.00 bits per heavy atom. The van der Waals surface area contributed by atoms with Gasteiger partial charge in [0, 0.05) is 5.69 Å². The van der Waals surface area contributed by atoms with Crippen LogP contribution in [0.15, 0.2) is 54.6 Å². The molecule has 0 aromatic heterocycles. The molecule has 0 spiro atoms. The molecule has 0 saturated carbocycles. The summed E-state index contributed by atoms with van der Waals surface area (Å²) in [5.74, 6) is 0.883. The van der Waals surface area contributed by atoms with E-state index >= 15 is 0 Å². The molecule has 2 nitrogen and oxygen atoms in total. The van der Waals surface area contributed by atoms with Gasteiger partial charge in [-0.25, -0.2) is 0 Å². The topological polar surface area (TPSA) is 21.3 Å². The maximum absolute atomic E-state index is 5.16. The molecule has 0 aliphatic rings. The Bertz CT molecular complexity index is 464. The molecule has 0 bridgehead atoms. The summed E-state index contributed by atoms with van der Waals surface area (Å²) in [7, 11) is 1.68. The predicted molar refractivity (Wildman–Crippen MR) is 76.1 cm³/mol. The van der Waals surface area contributed by atoms with E-state index in [2.05, 4.69) is 36.5 Å². The van der Waals surface area contributed by atoms with Crippen molar-refractivity contribution in [1.29, 1.82) is 0 Å². The zero-order valence-corrected chi connectivity index (χ0v) is 10.9. The van der Waals surface area contributed by atoms with Gasteiger partial charge >= 0.3 is 0 Å². The van der Waals surface area contributed by atoms with Gasteiger partial charge in [0.2, 0.25) is 0 Å². The fraction of sp³-hybridized carbons (Fsp3) is 0.250. The summed E-state index contributed by atoms with van der Waals surface area (Å²) in [6.07, 6.45) is 1.05. The SMILES string of the molecule is CC[C@@H](Nc1ccc(OC)cc1)c1ccccc1. The lowest BCUT2D eigenvalue weighted by Crippen LogP contribution is -2.09. The Morgan fingerprint density at radius 2 is 1.67 bits per heavy atom. The number of benzene rings is 2. The fourth-order valence-corrected chi connectivity index (χ4v) is 1.99. The van der Waals surface area contributed by atoms with E-state index in [0.717, 1.165) is 17.9 Å². The summed E-state index contributed by atoms with van der Waals surface area (Å²) in [6, 6.07) is 18.9. The van der Waals surface area contributed by atoms with Crippen molar-refractivity contribution in [2.75, 3.05) is 12.4 Å². The number of hydrogen-bond donors (Lipinski definition) is 1. The normalized spacial score (nSPS) is 11.9. The predicted octanol–water partition coefficient (Wildman–Crippen LogP) is 4.26. The first-order chi connectivity index (χ1) is 8.83. The van der Waals surface area contributed by atoms with Crippen molar-refractivity contribution in [2.45, 2.75) is 19.4 Å². The Morgan fingerprint density at radius 3 is 2.22 bits per heavy atom. The fourth-order valence-electron chi connectivity index (χ4n) is 1.99. The largest absolute Gasteiger partial charge is 0.497 e. The van der Waals surface area contributed by atoms with Crippen LogP contribution in [0.4, 0.5) is 5.69 Å². The van der Waals surface area contributed by atoms with E-state index in [1.807, 2.05) is 30.3 Å². The molecule has 0 saturated heterocycles. The molecule has 0 radical (unpaired) electrons. The van der Waals surface area contributed by atoms with Crippen LogP contribution >= 0.6 is 0 Å². The van der Waals surface area contributed by atoms with E-state index in [1.165, 1.54) is 5.56 Å². The molecule has 0 heterocycles. The van der Waals surface area contributed by atoms with Crippen molar-refractivity contribution in [3.05, 3.63) is 60.2 Å². The molecule has 2 heteroatoms. The van der Waals surface area contributed by atoms with Crippen molar-refractivity contribution < 1.29 is 4.74 Å². The van der Waals surface area contributed by atoms with Crippen LogP contribution in [-0.2, 0) is 0 Å². The first-order valence-electron chi connectivity index (χ1n) is 6.29. The quantitative estimate of drug-likeness (QED) is 0.844. The molecule has 1 N–H and O–H groups in total. The molecular formula is C16H19NO. The number of hydrogen-bond acceptors (Lipinski definition) is 2. The van der Waals surface area contributed by atoms with Gasteiger partial charge in [-0.05, 0) is 36.2 Å². The van der Waals surface area contributed by atoms with Crippen LogP contribution in [0, 0.1) is 0 Å². The second kappa shape index (κ2) is 6.10. The zero-order valence-electron chi connectivity index (χ0n) is 10.9. The van der Waals surface area contributed by atoms with Gasteiger partial charge in [-0.15, -0.1) is 0 Å². The van der Waals surface area contributed by atoms with E-state index in [0.29, 0.717) is 6.04 Å². The lowest BCUT2D eigenvalue weighted by molar-refractivity contribution is 0.415. The molecule has 2 aromatic rings. The highest BCUT2D eigenvalue weighted by Gasteiger charge is 2.08. The summed E-state index contributed by atoms with van der Waals surface area (Å²) < 4.78 is 5.16. The van der Waals surface area contributed by atoms with Crippen LogP contribution in [0.5, 0.6) is 5.75 Å². The van der Waals surface area contributed by atoms with E-state index in [9.17, 15) is 0 Å². The second-order valence-electron chi connectivity index (χ2n) is 4.24. The number of methoxy groups -OCH3 is 1. The summed E-state index contributed by atoms with van der Waals surface area (Å²) in [4.78, 5) is 0. The van der Waals surface area contributed by atoms with Gasteiger partial charge < -0.3 is 10.1 Å². The molecule has 0 aliphatic heterocycles. The van der Waals surface area contributed by atoms with Crippen molar-refractivity contribution >= 4 is 5.69 Å². The molecule has 0 aliphatic carbocycles. The van der Waals surface area contributed by atoms with Gasteiger partial charge in [-0.2, -0.15) is 0 Å². The Hall–Kier alpha value is -1.96. The molecule has 2 aromatic carbocycles. The third-order valence-electron chi connectivity index (χ3n) is 3.04. The molecule has 0 unspecified atom stereocenters. The Kier molecular flexibility index (Phi) is 4.24.